The molecule has 1 fully saturated rings. The highest BCUT2D eigenvalue weighted by molar-refractivity contribution is 5.86. The molecule has 1 aliphatic rings. The van der Waals surface area contributed by atoms with E-state index in [2.05, 4.69) is 10.6 Å². The average molecular weight is 757 g/mol. The Morgan fingerprint density at radius 3 is 1.17 bits per heavy atom. The number of hydrogen-bond acceptors (Lipinski definition) is 10. The molecule has 0 aliphatic carbocycles. The van der Waals surface area contributed by atoms with E-state index in [1.807, 2.05) is 88.4 Å². The molecule has 0 unspecified atom stereocenters. The number of rotatable bonds is 12. The molecule has 14 heteroatoms. The summed E-state index contributed by atoms with van der Waals surface area (Å²) in [6.45, 7) is 11.2. The third-order valence-electron chi connectivity index (χ3n) is 9.32. The lowest BCUT2D eigenvalue weighted by atomic mass is 9.98. The summed E-state index contributed by atoms with van der Waals surface area (Å²) in [7, 11) is 0. The van der Waals surface area contributed by atoms with Crippen LogP contribution in [0.2, 0.25) is 0 Å². The van der Waals surface area contributed by atoms with Gasteiger partial charge in [-0.15, -0.1) is 0 Å². The minimum Gasteiger partial charge on any atom is -0.445 e. The van der Waals surface area contributed by atoms with E-state index in [0.29, 0.717) is 12.8 Å². The zero-order chi connectivity index (χ0) is 39.0. The van der Waals surface area contributed by atoms with Crippen LogP contribution in [0.4, 0.5) is 9.59 Å². The number of nitrogens with one attached hydrogen (secondary N) is 2. The lowest BCUT2D eigenvalue weighted by Gasteiger charge is -2.31. The Labute approximate surface area is 320 Å². The van der Waals surface area contributed by atoms with Gasteiger partial charge in [-0.05, 0) is 23.0 Å². The Bertz CT molecular complexity index is 1250. The predicted octanol–water partition coefficient (Wildman–Crippen LogP) is 4.41. The number of carbonyl (C=O) groups is 4. The van der Waals surface area contributed by atoms with E-state index in [9.17, 15) is 19.2 Å². The molecule has 1 heterocycles. The maximum absolute atomic E-state index is 13.8. The molecule has 2 N–H and O–H groups in total. The van der Waals surface area contributed by atoms with Gasteiger partial charge in [0.05, 0.1) is 52.9 Å². The van der Waals surface area contributed by atoms with E-state index in [1.54, 1.807) is 9.80 Å². The molecule has 2 aromatic carbocycles. The lowest BCUT2D eigenvalue weighted by molar-refractivity contribution is -0.138. The van der Waals surface area contributed by atoms with Gasteiger partial charge in [-0.3, -0.25) is 9.59 Å². The normalized spacial score (nSPS) is 17.8. The van der Waals surface area contributed by atoms with Gasteiger partial charge >= 0.3 is 12.2 Å². The number of amides is 4. The molecule has 0 aromatic heterocycles. The third-order valence-corrected chi connectivity index (χ3v) is 9.32. The summed E-state index contributed by atoms with van der Waals surface area (Å²) in [5, 5.41) is 5.58. The van der Waals surface area contributed by atoms with Gasteiger partial charge in [0.15, 0.2) is 0 Å². The maximum Gasteiger partial charge on any atom is 0.408 e. The topological polar surface area (TPSA) is 154 Å². The summed E-state index contributed by atoms with van der Waals surface area (Å²) >= 11 is 0. The fraction of sp³-hybridized carbons (Fsp3) is 0.600. The number of hydrogen-bond donors (Lipinski definition) is 2. The van der Waals surface area contributed by atoms with Gasteiger partial charge in [-0.1, -0.05) is 101 Å². The number of carbonyl (C=O) groups excluding carboxylic acids is 4. The fourth-order valence-electron chi connectivity index (χ4n) is 5.55. The number of benzene rings is 2. The number of alkyl carbamates (subject to hydrolysis) is 2. The van der Waals surface area contributed by atoms with Crippen LogP contribution in [0.25, 0.3) is 0 Å². The molecule has 3 rings (SSSR count). The Morgan fingerprint density at radius 2 is 0.870 bits per heavy atom. The van der Waals surface area contributed by atoms with E-state index in [1.165, 1.54) is 0 Å². The first-order valence-corrected chi connectivity index (χ1v) is 19.1. The molecule has 2 aromatic rings. The minimum atomic E-state index is -0.788. The molecule has 4 atom stereocenters. The standard InChI is InChI=1S/C40H60N4O10/c1-5-31(3)35(41-39(47)53-29-33-13-9-7-10-14-33)37(45)43-17-21-49-25-27-51-23-19-44(20-24-52-28-26-50-22-18-43)38(46)36(32(4)6-2)42-40(48)54-30-34-15-11-8-12-16-34/h7-16,31-32,35-36H,5-6,17-30H2,1-4H3,(H,41,47)(H,42,48)/t31-,32-,35-,36+/m0/s1. The Hall–Kier alpha value is -4.24. The number of nitrogens with zero attached hydrogens (tertiary/aromatic N) is 2. The summed E-state index contributed by atoms with van der Waals surface area (Å²) in [6.07, 6.45) is 0.0245. The maximum atomic E-state index is 13.8. The van der Waals surface area contributed by atoms with Crippen molar-refractivity contribution in [2.75, 3.05) is 79.0 Å². The second kappa shape index (κ2) is 25.7. The first-order valence-electron chi connectivity index (χ1n) is 19.1. The van der Waals surface area contributed by atoms with Crippen LogP contribution < -0.4 is 10.6 Å². The van der Waals surface area contributed by atoms with Crippen molar-refractivity contribution in [2.24, 2.45) is 11.8 Å². The van der Waals surface area contributed by atoms with Crippen molar-refractivity contribution in [1.29, 1.82) is 0 Å². The summed E-state index contributed by atoms with van der Waals surface area (Å²) < 4.78 is 34.1. The number of ether oxygens (including phenoxy) is 6. The first-order chi connectivity index (χ1) is 26.2. The molecule has 14 nitrogen and oxygen atoms in total. The fourth-order valence-corrected chi connectivity index (χ4v) is 5.55. The van der Waals surface area contributed by atoms with Crippen molar-refractivity contribution in [3.8, 4) is 0 Å². The second-order valence-electron chi connectivity index (χ2n) is 13.2. The second-order valence-corrected chi connectivity index (χ2v) is 13.2. The Balaban J connectivity index is 1.54. The smallest absolute Gasteiger partial charge is 0.408 e. The van der Waals surface area contributed by atoms with Crippen molar-refractivity contribution < 1.29 is 47.6 Å². The quantitative estimate of drug-likeness (QED) is 0.319. The molecular weight excluding hydrogens is 696 g/mol. The van der Waals surface area contributed by atoms with Crippen LogP contribution in [-0.2, 0) is 51.2 Å². The molecule has 1 aliphatic heterocycles. The predicted molar refractivity (Wildman–Crippen MR) is 202 cm³/mol. The molecule has 0 bridgehead atoms. The van der Waals surface area contributed by atoms with Gasteiger partial charge in [0.1, 0.15) is 25.3 Å². The van der Waals surface area contributed by atoms with Crippen LogP contribution >= 0.6 is 0 Å². The molecule has 0 spiro atoms. The molecule has 0 saturated carbocycles. The highest BCUT2D eigenvalue weighted by Crippen LogP contribution is 2.14. The lowest BCUT2D eigenvalue weighted by Crippen LogP contribution is -2.53. The molecule has 1 saturated heterocycles. The van der Waals surface area contributed by atoms with E-state index < -0.39 is 24.3 Å². The van der Waals surface area contributed by atoms with Gasteiger partial charge in [-0.25, -0.2) is 9.59 Å². The van der Waals surface area contributed by atoms with Crippen molar-refractivity contribution in [1.82, 2.24) is 20.4 Å². The van der Waals surface area contributed by atoms with Gasteiger partial charge in [0, 0.05) is 26.2 Å². The van der Waals surface area contributed by atoms with Crippen LogP contribution in [0, 0.1) is 11.8 Å². The summed E-state index contributed by atoms with van der Waals surface area (Å²) in [5.41, 5.74) is 1.70. The first kappa shape index (κ1) is 44.2. The van der Waals surface area contributed by atoms with E-state index in [0.717, 1.165) is 11.1 Å². The van der Waals surface area contributed by atoms with Gasteiger partial charge < -0.3 is 48.9 Å². The monoisotopic (exact) mass is 756 g/mol. The zero-order valence-electron chi connectivity index (χ0n) is 32.4. The van der Waals surface area contributed by atoms with Crippen molar-refractivity contribution in [2.45, 2.75) is 65.8 Å². The van der Waals surface area contributed by atoms with Crippen LogP contribution in [-0.4, -0.2) is 125 Å². The van der Waals surface area contributed by atoms with Crippen LogP contribution in [0.15, 0.2) is 60.7 Å². The largest absolute Gasteiger partial charge is 0.445 e. The Kier molecular flexibility index (Phi) is 21.0. The molecule has 54 heavy (non-hydrogen) atoms. The zero-order valence-corrected chi connectivity index (χ0v) is 32.4. The highest BCUT2D eigenvalue weighted by atomic mass is 16.6. The van der Waals surface area contributed by atoms with Crippen molar-refractivity contribution in [3.05, 3.63) is 71.8 Å². The minimum absolute atomic E-state index is 0.0970. The molecule has 0 radical (unpaired) electrons. The van der Waals surface area contributed by atoms with E-state index in [4.69, 9.17) is 28.4 Å². The molecular formula is C40H60N4O10. The van der Waals surface area contributed by atoms with Gasteiger partial charge in [0.2, 0.25) is 11.8 Å². The van der Waals surface area contributed by atoms with Crippen molar-refractivity contribution in [3.63, 3.8) is 0 Å². The third kappa shape index (κ3) is 16.4. The van der Waals surface area contributed by atoms with Crippen LogP contribution in [0.5, 0.6) is 0 Å². The van der Waals surface area contributed by atoms with Crippen LogP contribution in [0.3, 0.4) is 0 Å². The van der Waals surface area contributed by atoms with Crippen LogP contribution in [0.1, 0.15) is 51.7 Å². The summed E-state index contributed by atoms with van der Waals surface area (Å²) in [6, 6.07) is 17.1. The SMILES string of the molecule is CC[C@H](C)[C@H](NC(=O)OCc1ccccc1)C(=O)N1CCOCCOCCN(C(=O)[C@H](NC(=O)OCc2ccccc2)[C@@H](C)CC)CCOCCOCC1. The molecule has 4 amide bonds. The Morgan fingerprint density at radius 1 is 0.556 bits per heavy atom. The van der Waals surface area contributed by atoms with Gasteiger partial charge in [-0.2, -0.15) is 0 Å². The van der Waals surface area contributed by atoms with Crippen molar-refractivity contribution >= 4 is 24.0 Å². The highest BCUT2D eigenvalue weighted by Gasteiger charge is 2.32. The van der Waals surface area contributed by atoms with E-state index in [-0.39, 0.29) is 116 Å². The summed E-state index contributed by atoms with van der Waals surface area (Å²) in [4.78, 5) is 56.4. The molecule has 300 valence electrons. The van der Waals surface area contributed by atoms with E-state index >= 15 is 0 Å². The average Bonchev–Trinajstić information content (AvgIpc) is 3.20. The van der Waals surface area contributed by atoms with Gasteiger partial charge in [0.25, 0.3) is 0 Å². The summed E-state index contributed by atoms with van der Waals surface area (Å²) in [5.74, 6) is -0.770.